The predicted octanol–water partition coefficient (Wildman–Crippen LogP) is 0.729. The molecule has 3 heteroatoms. The Balaban J connectivity index is 2.85. The largest absolute Gasteiger partial charge is 0.388 e. The summed E-state index contributed by atoms with van der Waals surface area (Å²) in [6, 6.07) is 0. The molecule has 0 fully saturated rings. The molecule has 0 amide bonds. The van der Waals surface area contributed by atoms with E-state index in [0.29, 0.717) is 5.76 Å². The van der Waals surface area contributed by atoms with Crippen LogP contribution in [0.15, 0.2) is 10.7 Å². The molecule has 0 unspecified atom stereocenters. The molecule has 1 aromatic heterocycles. The van der Waals surface area contributed by atoms with Crippen LogP contribution in [0.1, 0.15) is 18.2 Å². The Morgan fingerprint density at radius 3 is 3.00 bits per heavy atom. The van der Waals surface area contributed by atoms with E-state index in [0.717, 1.165) is 12.0 Å². The standard InChI is InChI=1S/C6H9NO2/c1-2-5-3-7-9-6(5)4-8/h3,8H,2,4H2,1H3. The summed E-state index contributed by atoms with van der Waals surface area (Å²) in [6.45, 7) is 1.94. The summed E-state index contributed by atoms with van der Waals surface area (Å²) in [4.78, 5) is 0. The van der Waals surface area contributed by atoms with Crippen molar-refractivity contribution in [2.24, 2.45) is 0 Å². The Kier molecular flexibility index (Phi) is 1.85. The maximum absolute atomic E-state index is 8.60. The molecule has 9 heavy (non-hydrogen) atoms. The zero-order valence-electron chi connectivity index (χ0n) is 5.29. The fourth-order valence-corrected chi connectivity index (χ4v) is 0.703. The van der Waals surface area contributed by atoms with Gasteiger partial charge in [-0.25, -0.2) is 0 Å². The number of hydrogen-bond acceptors (Lipinski definition) is 3. The topological polar surface area (TPSA) is 46.3 Å². The van der Waals surface area contributed by atoms with E-state index in [1.54, 1.807) is 6.20 Å². The summed E-state index contributed by atoms with van der Waals surface area (Å²) in [6.07, 6.45) is 2.49. The first-order valence-corrected chi connectivity index (χ1v) is 2.91. The SMILES string of the molecule is CCc1cnoc1CO. The van der Waals surface area contributed by atoms with Crippen LogP contribution in [0.2, 0.25) is 0 Å². The lowest BCUT2D eigenvalue weighted by atomic mass is 10.2. The maximum atomic E-state index is 8.60. The molecular formula is C6H9NO2. The van der Waals surface area contributed by atoms with E-state index in [1.165, 1.54) is 0 Å². The van der Waals surface area contributed by atoms with Gasteiger partial charge in [-0.3, -0.25) is 0 Å². The first-order chi connectivity index (χ1) is 4.38. The van der Waals surface area contributed by atoms with Crippen LogP contribution in [0.5, 0.6) is 0 Å². The number of aromatic nitrogens is 1. The van der Waals surface area contributed by atoms with Crippen LogP contribution in [0.25, 0.3) is 0 Å². The van der Waals surface area contributed by atoms with Crippen molar-refractivity contribution in [3.05, 3.63) is 17.5 Å². The Morgan fingerprint density at radius 1 is 1.78 bits per heavy atom. The lowest BCUT2D eigenvalue weighted by Gasteiger charge is -1.88. The van der Waals surface area contributed by atoms with Crippen molar-refractivity contribution in [3.63, 3.8) is 0 Å². The van der Waals surface area contributed by atoms with Gasteiger partial charge in [0.15, 0.2) is 5.76 Å². The molecule has 0 saturated carbocycles. The molecule has 1 N–H and O–H groups in total. The van der Waals surface area contributed by atoms with Gasteiger partial charge in [0, 0.05) is 5.56 Å². The summed E-state index contributed by atoms with van der Waals surface area (Å²) in [5.74, 6) is 0.581. The molecule has 3 nitrogen and oxygen atoms in total. The second kappa shape index (κ2) is 2.64. The van der Waals surface area contributed by atoms with Crippen LogP contribution >= 0.6 is 0 Å². The normalized spacial score (nSPS) is 10.0. The average molecular weight is 127 g/mol. The third kappa shape index (κ3) is 1.10. The number of rotatable bonds is 2. The Labute approximate surface area is 53.3 Å². The van der Waals surface area contributed by atoms with Crippen LogP contribution in [-0.4, -0.2) is 10.3 Å². The Morgan fingerprint density at radius 2 is 2.56 bits per heavy atom. The van der Waals surface area contributed by atoms with Gasteiger partial charge in [-0.05, 0) is 6.42 Å². The van der Waals surface area contributed by atoms with Crippen molar-refractivity contribution in [2.75, 3.05) is 0 Å². The molecule has 0 aliphatic carbocycles. The zero-order chi connectivity index (χ0) is 6.69. The quantitative estimate of drug-likeness (QED) is 0.637. The van der Waals surface area contributed by atoms with Gasteiger partial charge >= 0.3 is 0 Å². The summed E-state index contributed by atoms with van der Waals surface area (Å²) in [5.41, 5.74) is 0.984. The lowest BCUT2D eigenvalue weighted by molar-refractivity contribution is 0.227. The van der Waals surface area contributed by atoms with Crippen LogP contribution in [0.4, 0.5) is 0 Å². The molecule has 50 valence electrons. The van der Waals surface area contributed by atoms with Gasteiger partial charge in [0.2, 0.25) is 0 Å². The molecule has 0 aromatic carbocycles. The highest BCUT2D eigenvalue weighted by atomic mass is 16.5. The first-order valence-electron chi connectivity index (χ1n) is 2.91. The third-order valence-electron chi connectivity index (χ3n) is 1.25. The molecule has 0 atom stereocenters. The molecule has 1 heterocycles. The minimum Gasteiger partial charge on any atom is -0.388 e. The highest BCUT2D eigenvalue weighted by molar-refractivity contribution is 5.11. The van der Waals surface area contributed by atoms with Crippen molar-refractivity contribution in [1.29, 1.82) is 0 Å². The molecule has 0 radical (unpaired) electrons. The molecule has 0 aliphatic heterocycles. The minimum atomic E-state index is -0.0524. The molecule has 1 rings (SSSR count). The summed E-state index contributed by atoms with van der Waals surface area (Å²) >= 11 is 0. The van der Waals surface area contributed by atoms with Crippen LogP contribution in [0.3, 0.4) is 0 Å². The van der Waals surface area contributed by atoms with Crippen molar-refractivity contribution in [2.45, 2.75) is 20.0 Å². The maximum Gasteiger partial charge on any atom is 0.165 e. The number of nitrogens with zero attached hydrogens (tertiary/aromatic N) is 1. The summed E-state index contributed by atoms with van der Waals surface area (Å²) in [7, 11) is 0. The Hall–Kier alpha value is -0.830. The van der Waals surface area contributed by atoms with Crippen molar-refractivity contribution in [1.82, 2.24) is 5.16 Å². The van der Waals surface area contributed by atoms with Crippen LogP contribution in [-0.2, 0) is 13.0 Å². The molecule has 0 bridgehead atoms. The summed E-state index contributed by atoms with van der Waals surface area (Å²) in [5, 5.41) is 12.1. The van der Waals surface area contributed by atoms with Gasteiger partial charge < -0.3 is 9.63 Å². The molecular weight excluding hydrogens is 118 g/mol. The predicted molar refractivity (Wildman–Crippen MR) is 31.8 cm³/mol. The van der Waals surface area contributed by atoms with E-state index in [-0.39, 0.29) is 6.61 Å². The monoisotopic (exact) mass is 127 g/mol. The lowest BCUT2D eigenvalue weighted by Crippen LogP contribution is -1.84. The Bertz CT molecular complexity index is 164. The van der Waals surface area contributed by atoms with Crippen LogP contribution in [0, 0.1) is 0 Å². The minimum absolute atomic E-state index is 0.0524. The second-order valence-corrected chi connectivity index (χ2v) is 1.79. The molecule has 0 spiro atoms. The van der Waals surface area contributed by atoms with Gasteiger partial charge in [0.25, 0.3) is 0 Å². The highest BCUT2D eigenvalue weighted by Crippen LogP contribution is 2.06. The van der Waals surface area contributed by atoms with Gasteiger partial charge in [0.05, 0.1) is 6.20 Å². The van der Waals surface area contributed by atoms with Gasteiger partial charge in [-0.15, -0.1) is 0 Å². The average Bonchev–Trinajstić information content (AvgIpc) is 2.33. The van der Waals surface area contributed by atoms with E-state index >= 15 is 0 Å². The number of hydrogen-bond donors (Lipinski definition) is 1. The van der Waals surface area contributed by atoms with E-state index in [1.807, 2.05) is 6.92 Å². The van der Waals surface area contributed by atoms with Crippen molar-refractivity contribution < 1.29 is 9.63 Å². The summed E-state index contributed by atoms with van der Waals surface area (Å²) < 4.78 is 4.70. The fourth-order valence-electron chi connectivity index (χ4n) is 0.703. The van der Waals surface area contributed by atoms with Crippen LogP contribution < -0.4 is 0 Å². The van der Waals surface area contributed by atoms with Crippen molar-refractivity contribution in [3.8, 4) is 0 Å². The molecule has 1 aromatic rings. The fraction of sp³-hybridized carbons (Fsp3) is 0.500. The number of aliphatic hydroxyl groups excluding tert-OH is 1. The molecule has 0 saturated heterocycles. The highest BCUT2D eigenvalue weighted by Gasteiger charge is 2.02. The first kappa shape index (κ1) is 6.29. The van der Waals surface area contributed by atoms with Gasteiger partial charge in [0.1, 0.15) is 6.61 Å². The van der Waals surface area contributed by atoms with Gasteiger partial charge in [-0.2, -0.15) is 0 Å². The van der Waals surface area contributed by atoms with E-state index in [9.17, 15) is 0 Å². The third-order valence-corrected chi connectivity index (χ3v) is 1.25. The smallest absolute Gasteiger partial charge is 0.165 e. The number of aliphatic hydroxyl groups is 1. The van der Waals surface area contributed by atoms with Gasteiger partial charge in [-0.1, -0.05) is 12.1 Å². The van der Waals surface area contributed by atoms with E-state index in [2.05, 4.69) is 5.16 Å². The molecule has 0 aliphatic rings. The second-order valence-electron chi connectivity index (χ2n) is 1.79. The van der Waals surface area contributed by atoms with Crippen molar-refractivity contribution >= 4 is 0 Å². The zero-order valence-corrected chi connectivity index (χ0v) is 5.29. The number of aryl methyl sites for hydroxylation is 1. The van der Waals surface area contributed by atoms with E-state index in [4.69, 9.17) is 9.63 Å². The van der Waals surface area contributed by atoms with E-state index < -0.39 is 0 Å².